The smallest absolute Gasteiger partial charge is 0.258 e. The van der Waals surface area contributed by atoms with E-state index in [1.807, 2.05) is 0 Å². The zero-order chi connectivity index (χ0) is 20.4. The van der Waals surface area contributed by atoms with Crippen molar-refractivity contribution in [2.75, 3.05) is 31.7 Å². The van der Waals surface area contributed by atoms with E-state index in [1.54, 1.807) is 32.4 Å². The van der Waals surface area contributed by atoms with Crippen LogP contribution in [0.15, 0.2) is 18.3 Å². The van der Waals surface area contributed by atoms with Crippen LogP contribution in [0.2, 0.25) is 5.02 Å². The number of nitrogens with zero attached hydrogens (tertiary/aromatic N) is 2. The van der Waals surface area contributed by atoms with Crippen LogP contribution < -0.4 is 11.1 Å². The molecule has 1 amide bonds. The maximum Gasteiger partial charge on any atom is 0.258 e. The minimum absolute atomic E-state index is 0.0316. The van der Waals surface area contributed by atoms with Crippen LogP contribution in [0.5, 0.6) is 0 Å². The summed E-state index contributed by atoms with van der Waals surface area (Å²) in [7, 11) is 3.12. The predicted molar refractivity (Wildman–Crippen MR) is 110 cm³/mol. The fraction of sp³-hybridized carbons (Fsp3) is 0.429. The largest absolute Gasteiger partial charge is 0.398 e. The quantitative estimate of drug-likeness (QED) is 0.756. The molecule has 1 aromatic heterocycles. The summed E-state index contributed by atoms with van der Waals surface area (Å²) in [4.78, 5) is 18.2. The third-order valence-corrected chi connectivity index (χ3v) is 6.50. The van der Waals surface area contributed by atoms with Gasteiger partial charge in [-0.05, 0) is 30.4 Å². The number of nitrogen functional groups attached to an aromatic ring is 1. The molecule has 5 nitrogen and oxygen atoms in total. The van der Waals surface area contributed by atoms with Crippen LogP contribution in [-0.4, -0.2) is 36.4 Å². The molecule has 1 aromatic carbocycles. The summed E-state index contributed by atoms with van der Waals surface area (Å²) < 4.78 is 15.3. The number of carbonyl (C=O) groups excluding carboxylic acids is 1. The van der Waals surface area contributed by atoms with E-state index < -0.39 is 11.7 Å². The van der Waals surface area contributed by atoms with Gasteiger partial charge >= 0.3 is 0 Å². The number of nitrogens with one attached hydrogen (secondary N) is 1. The molecule has 4 rings (SSSR count). The number of halogens is 2. The van der Waals surface area contributed by atoms with Crippen molar-refractivity contribution in [1.82, 2.24) is 9.88 Å². The van der Waals surface area contributed by atoms with Gasteiger partial charge in [0.25, 0.3) is 5.91 Å². The topological polar surface area (TPSA) is 71.2 Å². The van der Waals surface area contributed by atoms with E-state index >= 15 is 4.39 Å². The number of amides is 1. The van der Waals surface area contributed by atoms with Crippen LogP contribution in [0.4, 0.5) is 15.9 Å². The molecular weight excluding hydrogens is 379 g/mol. The highest BCUT2D eigenvalue weighted by Gasteiger charge is 2.61. The van der Waals surface area contributed by atoms with E-state index in [-0.39, 0.29) is 22.2 Å². The fourth-order valence-corrected chi connectivity index (χ4v) is 4.96. The zero-order valence-corrected chi connectivity index (χ0v) is 17.2. The van der Waals surface area contributed by atoms with Gasteiger partial charge in [-0.1, -0.05) is 25.4 Å². The molecule has 28 heavy (non-hydrogen) atoms. The van der Waals surface area contributed by atoms with E-state index in [4.69, 9.17) is 17.3 Å². The Kier molecular flexibility index (Phi) is 4.30. The molecule has 2 atom stereocenters. The second-order valence-electron chi connectivity index (χ2n) is 8.36. The molecule has 0 radical (unpaired) electrons. The van der Waals surface area contributed by atoms with Crippen LogP contribution in [-0.2, 0) is 5.41 Å². The summed E-state index contributed by atoms with van der Waals surface area (Å²) in [5, 5.41) is 3.86. The van der Waals surface area contributed by atoms with E-state index in [0.717, 1.165) is 24.3 Å². The van der Waals surface area contributed by atoms with Crippen LogP contribution in [0.1, 0.15) is 36.2 Å². The first-order chi connectivity index (χ1) is 13.2. The van der Waals surface area contributed by atoms with Crippen LogP contribution in [0, 0.1) is 17.7 Å². The molecule has 2 aliphatic rings. The van der Waals surface area contributed by atoms with E-state index in [0.29, 0.717) is 22.4 Å². The molecule has 2 heterocycles. The maximum absolute atomic E-state index is 15.3. The summed E-state index contributed by atoms with van der Waals surface area (Å²) >= 11 is 6.82. The minimum Gasteiger partial charge on any atom is -0.398 e. The molecule has 148 valence electrons. The lowest BCUT2D eigenvalue weighted by molar-refractivity contribution is 0.0824. The zero-order valence-electron chi connectivity index (χ0n) is 16.4. The lowest BCUT2D eigenvalue weighted by Gasteiger charge is -2.18. The highest BCUT2D eigenvalue weighted by Crippen LogP contribution is 2.63. The summed E-state index contributed by atoms with van der Waals surface area (Å²) in [5.41, 5.74) is 7.53. The molecule has 1 fully saturated rings. The van der Waals surface area contributed by atoms with Crippen LogP contribution in [0.3, 0.4) is 0 Å². The minimum atomic E-state index is -0.668. The first kappa shape index (κ1) is 19.0. The van der Waals surface area contributed by atoms with Crippen molar-refractivity contribution >= 4 is 29.0 Å². The van der Waals surface area contributed by atoms with Crippen LogP contribution in [0.25, 0.3) is 11.1 Å². The number of carbonyl (C=O) groups is 1. The van der Waals surface area contributed by atoms with Crippen molar-refractivity contribution in [2.45, 2.75) is 25.7 Å². The molecule has 7 heteroatoms. The number of anilines is 2. The molecule has 3 N–H and O–H groups in total. The van der Waals surface area contributed by atoms with E-state index in [9.17, 15) is 4.79 Å². The van der Waals surface area contributed by atoms with Gasteiger partial charge in [-0.3, -0.25) is 4.79 Å². The summed E-state index contributed by atoms with van der Waals surface area (Å²) in [6.07, 6.45) is 2.61. The molecule has 0 saturated heterocycles. The molecule has 0 unspecified atom stereocenters. The van der Waals surface area contributed by atoms with Crippen LogP contribution >= 0.6 is 11.6 Å². The average molecular weight is 403 g/mol. The molecule has 1 spiro atoms. The fourth-order valence-electron chi connectivity index (χ4n) is 4.53. The molecule has 1 saturated carbocycles. The Balaban J connectivity index is 1.86. The normalized spacial score (nSPS) is 22.3. The van der Waals surface area contributed by atoms with Crippen molar-refractivity contribution in [3.05, 3.63) is 40.3 Å². The summed E-state index contributed by atoms with van der Waals surface area (Å²) in [5.74, 6) is 0.682. The standard InChI is InChI=1S/C21H24ClFN4O/c1-10(2)13-7-21(13)9-26-19-16(21)17(22)12(8-25-19)11-5-6-14(24)15(18(11)23)20(28)27(3)4/h5-6,8,10,13H,7,9,24H2,1-4H3,(H,25,26)/t13-,21-/m0/s1. The van der Waals surface area contributed by atoms with Crippen molar-refractivity contribution in [3.8, 4) is 11.1 Å². The Bertz CT molecular complexity index is 991. The van der Waals surface area contributed by atoms with Gasteiger partial charge in [-0.15, -0.1) is 0 Å². The number of hydrogen-bond donors (Lipinski definition) is 2. The Morgan fingerprint density at radius 1 is 1.39 bits per heavy atom. The van der Waals surface area contributed by atoms with Gasteiger partial charge < -0.3 is 16.0 Å². The summed E-state index contributed by atoms with van der Waals surface area (Å²) in [6, 6.07) is 3.11. The molecule has 2 aromatic rings. The second-order valence-corrected chi connectivity index (χ2v) is 8.74. The highest BCUT2D eigenvalue weighted by atomic mass is 35.5. The number of fused-ring (bicyclic) bond motifs is 2. The SMILES string of the molecule is CC(C)[C@@H]1C[C@]12CNc1ncc(-c3ccc(N)c(C(=O)N(C)C)c3F)c(Cl)c12. The number of aromatic nitrogens is 1. The van der Waals surface area contributed by atoms with Crippen molar-refractivity contribution in [3.63, 3.8) is 0 Å². The molecule has 1 aliphatic heterocycles. The molecule has 1 aliphatic carbocycles. The lowest BCUT2D eigenvalue weighted by atomic mass is 9.90. The van der Waals surface area contributed by atoms with Gasteiger partial charge in [0.2, 0.25) is 0 Å². The Hall–Kier alpha value is -2.34. The van der Waals surface area contributed by atoms with Crippen molar-refractivity contribution in [1.29, 1.82) is 0 Å². The van der Waals surface area contributed by atoms with Crippen molar-refractivity contribution < 1.29 is 9.18 Å². The molecule has 0 bridgehead atoms. The van der Waals surface area contributed by atoms with Gasteiger partial charge in [0, 0.05) is 54.6 Å². The lowest BCUT2D eigenvalue weighted by Crippen LogP contribution is -2.24. The third-order valence-electron chi connectivity index (χ3n) is 6.11. The first-order valence-electron chi connectivity index (χ1n) is 9.42. The van der Waals surface area contributed by atoms with Gasteiger partial charge in [-0.2, -0.15) is 0 Å². The monoisotopic (exact) mass is 402 g/mol. The predicted octanol–water partition coefficient (Wildman–Crippen LogP) is 4.16. The third kappa shape index (κ3) is 2.58. The second kappa shape index (κ2) is 6.34. The number of pyridine rings is 1. The molecular formula is C21H24ClFN4O. The van der Waals surface area contributed by atoms with Gasteiger partial charge in [0.15, 0.2) is 0 Å². The highest BCUT2D eigenvalue weighted by molar-refractivity contribution is 6.34. The Morgan fingerprint density at radius 2 is 2.11 bits per heavy atom. The average Bonchev–Trinajstić information content (AvgIpc) is 3.24. The number of rotatable bonds is 3. The first-order valence-corrected chi connectivity index (χ1v) is 9.79. The number of benzene rings is 1. The van der Waals surface area contributed by atoms with E-state index in [2.05, 4.69) is 24.1 Å². The van der Waals surface area contributed by atoms with Gasteiger partial charge in [0.1, 0.15) is 11.6 Å². The van der Waals surface area contributed by atoms with Gasteiger partial charge in [0.05, 0.1) is 10.6 Å². The maximum atomic E-state index is 15.3. The van der Waals surface area contributed by atoms with Crippen molar-refractivity contribution in [2.24, 2.45) is 11.8 Å². The van der Waals surface area contributed by atoms with E-state index in [1.165, 1.54) is 4.90 Å². The number of hydrogen-bond acceptors (Lipinski definition) is 4. The number of nitrogens with two attached hydrogens (primary N) is 1. The Labute approximate surface area is 169 Å². The Morgan fingerprint density at radius 3 is 2.71 bits per heavy atom. The van der Waals surface area contributed by atoms with Gasteiger partial charge in [-0.25, -0.2) is 9.37 Å². The summed E-state index contributed by atoms with van der Waals surface area (Å²) in [6.45, 7) is 5.22.